The zero-order valence-corrected chi connectivity index (χ0v) is 21.9. The molecule has 10 heteroatoms. The molecular formula is C25H29Cl2N3O4S. The first kappa shape index (κ1) is 27.3. The average molecular weight is 538 g/mol. The molecule has 1 unspecified atom stereocenters. The predicted molar refractivity (Wildman–Crippen MR) is 141 cm³/mol. The first-order valence-electron chi connectivity index (χ1n) is 11.6. The van der Waals surface area contributed by atoms with Crippen LogP contribution in [0.3, 0.4) is 0 Å². The molecule has 0 aromatic heterocycles. The van der Waals surface area contributed by atoms with E-state index in [0.717, 1.165) is 36.8 Å². The lowest BCUT2D eigenvalue weighted by Crippen LogP contribution is -2.51. The number of thioether (sulfide) groups is 1. The van der Waals surface area contributed by atoms with Gasteiger partial charge in [0.05, 0.1) is 10.7 Å². The molecule has 0 bridgehead atoms. The Labute approximate surface area is 219 Å². The minimum atomic E-state index is -0.616. The number of carbonyl (C=O) groups excluding carboxylic acids is 2. The summed E-state index contributed by atoms with van der Waals surface area (Å²) in [6.45, 7) is 2.09. The van der Waals surface area contributed by atoms with Crippen LogP contribution in [0, 0.1) is 10.1 Å². The minimum absolute atomic E-state index is 0.0277. The highest BCUT2D eigenvalue weighted by atomic mass is 35.5. The topological polar surface area (TPSA) is 92.6 Å². The van der Waals surface area contributed by atoms with Crippen molar-refractivity contribution in [3.63, 3.8) is 0 Å². The molecule has 35 heavy (non-hydrogen) atoms. The Morgan fingerprint density at radius 3 is 2.46 bits per heavy atom. The largest absolute Gasteiger partial charge is 0.352 e. The molecule has 2 amide bonds. The monoisotopic (exact) mass is 537 g/mol. The molecule has 0 aliphatic heterocycles. The molecule has 1 aliphatic rings. The van der Waals surface area contributed by atoms with Gasteiger partial charge >= 0.3 is 0 Å². The van der Waals surface area contributed by atoms with Crippen molar-refractivity contribution in [2.45, 2.75) is 63.4 Å². The smallest absolute Gasteiger partial charge is 0.269 e. The van der Waals surface area contributed by atoms with Gasteiger partial charge in [-0.15, -0.1) is 11.8 Å². The summed E-state index contributed by atoms with van der Waals surface area (Å²) in [5, 5.41) is 14.9. The van der Waals surface area contributed by atoms with E-state index in [2.05, 4.69) is 5.32 Å². The molecule has 2 aromatic carbocycles. The number of halogens is 2. The summed E-state index contributed by atoms with van der Waals surface area (Å²) in [5.74, 6) is 0.370. The third-order valence-electron chi connectivity index (χ3n) is 6.08. The number of nitrogens with one attached hydrogen (secondary N) is 1. The Bertz CT molecular complexity index is 1050. The molecule has 188 valence electrons. The normalized spacial score (nSPS) is 14.5. The van der Waals surface area contributed by atoms with Crippen LogP contribution in [-0.4, -0.2) is 39.5 Å². The van der Waals surface area contributed by atoms with Gasteiger partial charge in [0.15, 0.2) is 0 Å². The van der Waals surface area contributed by atoms with Crippen molar-refractivity contribution >= 4 is 52.5 Å². The number of hydrogen-bond acceptors (Lipinski definition) is 5. The van der Waals surface area contributed by atoms with Gasteiger partial charge in [0.1, 0.15) is 6.04 Å². The van der Waals surface area contributed by atoms with E-state index >= 15 is 0 Å². The maximum Gasteiger partial charge on any atom is 0.269 e. The fourth-order valence-corrected chi connectivity index (χ4v) is 5.51. The van der Waals surface area contributed by atoms with E-state index in [1.807, 2.05) is 6.92 Å². The van der Waals surface area contributed by atoms with E-state index in [0.29, 0.717) is 22.2 Å². The molecular weight excluding hydrogens is 509 g/mol. The molecule has 1 N–H and O–H groups in total. The standard InChI is InChI=1S/C25H29Cl2N3O4S/c1-2-23(25(32)28-20-5-3-4-6-20)29(14-18-9-10-19(26)13-22(18)27)24(31)16-35-15-17-7-11-21(12-8-17)30(33)34/h7-13,20,23H,2-6,14-16H2,1H3,(H,28,32). The summed E-state index contributed by atoms with van der Waals surface area (Å²) >= 11 is 13.8. The third kappa shape index (κ3) is 7.85. The van der Waals surface area contributed by atoms with Gasteiger partial charge in [0.25, 0.3) is 5.69 Å². The van der Waals surface area contributed by atoms with Crippen molar-refractivity contribution in [2.24, 2.45) is 0 Å². The summed E-state index contributed by atoms with van der Waals surface area (Å²) < 4.78 is 0. The van der Waals surface area contributed by atoms with Crippen molar-refractivity contribution in [3.05, 3.63) is 73.8 Å². The molecule has 1 fully saturated rings. The fourth-order valence-electron chi connectivity index (χ4n) is 4.17. The highest BCUT2D eigenvalue weighted by Gasteiger charge is 2.31. The van der Waals surface area contributed by atoms with Crippen LogP contribution >= 0.6 is 35.0 Å². The van der Waals surface area contributed by atoms with E-state index in [9.17, 15) is 19.7 Å². The van der Waals surface area contributed by atoms with Crippen LogP contribution in [0.5, 0.6) is 0 Å². The first-order chi connectivity index (χ1) is 16.8. The molecule has 1 aliphatic carbocycles. The maximum atomic E-state index is 13.4. The fraction of sp³-hybridized carbons (Fsp3) is 0.440. The lowest BCUT2D eigenvalue weighted by atomic mass is 10.1. The van der Waals surface area contributed by atoms with Crippen LogP contribution in [0.25, 0.3) is 0 Å². The Hall–Kier alpha value is -2.29. The zero-order chi connectivity index (χ0) is 25.4. The number of carbonyl (C=O) groups is 2. The van der Waals surface area contributed by atoms with E-state index in [-0.39, 0.29) is 35.8 Å². The van der Waals surface area contributed by atoms with Gasteiger partial charge in [-0.3, -0.25) is 19.7 Å². The van der Waals surface area contributed by atoms with Gasteiger partial charge in [0.2, 0.25) is 11.8 Å². The van der Waals surface area contributed by atoms with Crippen LogP contribution in [0.15, 0.2) is 42.5 Å². The van der Waals surface area contributed by atoms with Crippen LogP contribution < -0.4 is 5.32 Å². The van der Waals surface area contributed by atoms with Crippen molar-refractivity contribution in [1.82, 2.24) is 10.2 Å². The number of amides is 2. The summed E-state index contributed by atoms with van der Waals surface area (Å²) in [5.41, 5.74) is 1.63. The van der Waals surface area contributed by atoms with Crippen molar-refractivity contribution < 1.29 is 14.5 Å². The lowest BCUT2D eigenvalue weighted by Gasteiger charge is -2.31. The summed E-state index contributed by atoms with van der Waals surface area (Å²) in [6, 6.07) is 10.9. The lowest BCUT2D eigenvalue weighted by molar-refractivity contribution is -0.384. The van der Waals surface area contributed by atoms with Gasteiger partial charge in [-0.2, -0.15) is 0 Å². The highest BCUT2D eigenvalue weighted by Crippen LogP contribution is 2.25. The predicted octanol–water partition coefficient (Wildman–Crippen LogP) is 6.00. The minimum Gasteiger partial charge on any atom is -0.352 e. The Balaban J connectivity index is 1.71. The molecule has 3 rings (SSSR count). The van der Waals surface area contributed by atoms with Crippen molar-refractivity contribution in [1.29, 1.82) is 0 Å². The van der Waals surface area contributed by atoms with Crippen molar-refractivity contribution in [3.8, 4) is 0 Å². The van der Waals surface area contributed by atoms with Crippen LogP contribution in [0.4, 0.5) is 5.69 Å². The van der Waals surface area contributed by atoms with E-state index in [1.165, 1.54) is 23.9 Å². The Kier molecular flexibility index (Phi) is 10.2. The van der Waals surface area contributed by atoms with E-state index in [1.54, 1.807) is 35.2 Å². The Morgan fingerprint density at radius 1 is 1.17 bits per heavy atom. The molecule has 1 saturated carbocycles. The van der Waals surface area contributed by atoms with Gasteiger partial charge in [-0.1, -0.05) is 61.2 Å². The van der Waals surface area contributed by atoms with Gasteiger partial charge in [-0.25, -0.2) is 0 Å². The number of hydrogen-bond donors (Lipinski definition) is 1. The number of nitrogens with zero attached hydrogens (tertiary/aromatic N) is 2. The van der Waals surface area contributed by atoms with Crippen molar-refractivity contribution in [2.75, 3.05) is 5.75 Å². The van der Waals surface area contributed by atoms with E-state index < -0.39 is 11.0 Å². The molecule has 7 nitrogen and oxygen atoms in total. The quantitative estimate of drug-likeness (QED) is 0.280. The zero-order valence-electron chi connectivity index (χ0n) is 19.5. The summed E-state index contributed by atoms with van der Waals surface area (Å²) in [6.07, 6.45) is 4.60. The molecule has 1 atom stereocenters. The number of rotatable bonds is 11. The number of nitro benzene ring substituents is 1. The number of benzene rings is 2. The first-order valence-corrected chi connectivity index (χ1v) is 13.5. The van der Waals surface area contributed by atoms with E-state index in [4.69, 9.17) is 23.2 Å². The maximum absolute atomic E-state index is 13.4. The van der Waals surface area contributed by atoms with Gasteiger partial charge in [-0.05, 0) is 42.5 Å². The average Bonchev–Trinajstić information content (AvgIpc) is 3.33. The third-order valence-corrected chi connectivity index (χ3v) is 7.66. The number of non-ortho nitro benzene ring substituents is 1. The Morgan fingerprint density at radius 2 is 1.86 bits per heavy atom. The molecule has 0 spiro atoms. The van der Waals surface area contributed by atoms with Crippen LogP contribution in [0.1, 0.15) is 50.2 Å². The summed E-state index contributed by atoms with van der Waals surface area (Å²) in [4.78, 5) is 38.5. The molecule has 0 saturated heterocycles. The SMILES string of the molecule is CCC(C(=O)NC1CCCC1)N(Cc1ccc(Cl)cc1Cl)C(=O)CSCc1ccc([N+](=O)[O-])cc1. The molecule has 0 radical (unpaired) electrons. The second-order valence-corrected chi connectivity index (χ2v) is 10.4. The van der Waals surface area contributed by atoms with Crippen LogP contribution in [-0.2, 0) is 21.9 Å². The second kappa shape index (κ2) is 13.1. The molecule has 0 heterocycles. The van der Waals surface area contributed by atoms with Gasteiger partial charge < -0.3 is 10.2 Å². The van der Waals surface area contributed by atoms with Crippen LogP contribution in [0.2, 0.25) is 10.0 Å². The highest BCUT2D eigenvalue weighted by molar-refractivity contribution is 7.99. The second-order valence-electron chi connectivity index (χ2n) is 8.59. The summed E-state index contributed by atoms with van der Waals surface area (Å²) in [7, 11) is 0. The molecule has 2 aromatic rings. The number of nitro groups is 1. The van der Waals surface area contributed by atoms with Gasteiger partial charge in [0, 0.05) is 40.5 Å².